The Hall–Kier alpha value is -1.14. The van der Waals surface area contributed by atoms with Crippen LogP contribution in [0.2, 0.25) is 0 Å². The van der Waals surface area contributed by atoms with Gasteiger partial charge in [-0.25, -0.2) is 0 Å². The van der Waals surface area contributed by atoms with Crippen molar-refractivity contribution in [3.63, 3.8) is 0 Å². The Bertz CT molecular complexity index is 684. The quantitative estimate of drug-likeness (QED) is 0.749. The average molecular weight is 406 g/mol. The van der Waals surface area contributed by atoms with Crippen LogP contribution in [0.5, 0.6) is 0 Å². The number of rotatable bonds is 4. The van der Waals surface area contributed by atoms with Crippen molar-refractivity contribution < 1.29 is 14.3 Å². The summed E-state index contributed by atoms with van der Waals surface area (Å²) in [6.07, 6.45) is 5.60. The van der Waals surface area contributed by atoms with E-state index in [1.54, 1.807) is 0 Å². The molecule has 4 rings (SSSR count). The van der Waals surface area contributed by atoms with Crippen LogP contribution in [0.4, 0.5) is 5.69 Å². The smallest absolute Gasteiger partial charge is 0.309 e. The molecule has 1 heterocycles. The van der Waals surface area contributed by atoms with E-state index in [-0.39, 0.29) is 24.4 Å². The molecular weight excluding hydrogens is 378 g/mol. The number of nitrogens with one attached hydrogen (secondary N) is 1. The molecule has 1 spiro atoms. The van der Waals surface area contributed by atoms with Crippen molar-refractivity contribution in [3.8, 4) is 0 Å². The van der Waals surface area contributed by atoms with Gasteiger partial charge >= 0.3 is 5.97 Å². The second-order valence-electron chi connectivity index (χ2n) is 7.93. The van der Waals surface area contributed by atoms with Crippen molar-refractivity contribution in [1.29, 1.82) is 0 Å². The number of benzene rings is 1. The highest BCUT2D eigenvalue weighted by molar-refractivity contribution is 8.21. The van der Waals surface area contributed by atoms with Crippen LogP contribution in [0, 0.1) is 24.7 Å². The third-order valence-electron chi connectivity index (χ3n) is 6.13. The fourth-order valence-corrected chi connectivity index (χ4v) is 8.83. The number of amides is 1. The number of carbonyl (C=O) groups excluding carboxylic acids is 2. The van der Waals surface area contributed by atoms with Gasteiger partial charge in [0.2, 0.25) is 0 Å². The molecule has 0 aromatic heterocycles. The van der Waals surface area contributed by atoms with E-state index in [1.165, 1.54) is 30.8 Å². The molecule has 1 aromatic carbocycles. The van der Waals surface area contributed by atoms with Crippen molar-refractivity contribution >= 4 is 41.1 Å². The fourth-order valence-electron chi connectivity index (χ4n) is 4.89. The van der Waals surface area contributed by atoms with Gasteiger partial charge in [-0.2, -0.15) is 0 Å². The molecule has 0 radical (unpaired) electrons. The van der Waals surface area contributed by atoms with Crippen molar-refractivity contribution in [1.82, 2.24) is 0 Å². The topological polar surface area (TPSA) is 55.4 Å². The summed E-state index contributed by atoms with van der Waals surface area (Å²) in [7, 11) is 0. The maximum absolute atomic E-state index is 12.6. The number of thioether (sulfide) groups is 2. The molecule has 4 nitrogen and oxygen atoms in total. The molecule has 3 atom stereocenters. The van der Waals surface area contributed by atoms with Gasteiger partial charge in [-0.15, -0.1) is 23.5 Å². The van der Waals surface area contributed by atoms with Crippen LogP contribution in [0.15, 0.2) is 24.3 Å². The second kappa shape index (κ2) is 8.08. The maximum atomic E-state index is 12.6. The normalized spacial score (nSPS) is 28.7. The molecule has 3 aliphatic rings. The molecular formula is C21H27NO3S2. The molecule has 1 aliphatic heterocycles. The lowest BCUT2D eigenvalue weighted by Gasteiger charge is -2.51. The zero-order valence-electron chi connectivity index (χ0n) is 15.7. The third kappa shape index (κ3) is 4.02. The molecule has 2 saturated carbocycles. The number of esters is 1. The summed E-state index contributed by atoms with van der Waals surface area (Å²) in [6, 6.07) is 7.59. The van der Waals surface area contributed by atoms with Crippen LogP contribution in [0.1, 0.15) is 37.7 Å². The fraction of sp³-hybridized carbons (Fsp3) is 0.619. The monoisotopic (exact) mass is 405 g/mol. The summed E-state index contributed by atoms with van der Waals surface area (Å²) in [5, 5.41) is 2.78. The van der Waals surface area contributed by atoms with E-state index in [0.717, 1.165) is 24.1 Å². The highest BCUT2D eigenvalue weighted by atomic mass is 32.2. The Morgan fingerprint density at radius 3 is 2.37 bits per heavy atom. The van der Waals surface area contributed by atoms with Gasteiger partial charge in [0.1, 0.15) is 0 Å². The Morgan fingerprint density at radius 1 is 1.11 bits per heavy atom. The molecule has 2 aliphatic carbocycles. The lowest BCUT2D eigenvalue weighted by molar-refractivity contribution is -0.154. The Kier molecular flexibility index (Phi) is 5.74. The van der Waals surface area contributed by atoms with Crippen molar-refractivity contribution in [2.45, 2.75) is 43.1 Å². The summed E-state index contributed by atoms with van der Waals surface area (Å²) in [5.41, 5.74) is 1.87. The molecule has 1 saturated heterocycles. The van der Waals surface area contributed by atoms with Gasteiger partial charge < -0.3 is 10.1 Å². The van der Waals surface area contributed by atoms with Gasteiger partial charge in [0.15, 0.2) is 6.61 Å². The minimum atomic E-state index is -0.276. The molecule has 2 bridgehead atoms. The number of anilines is 1. The predicted octanol–water partition coefficient (Wildman–Crippen LogP) is 4.48. The number of aryl methyl sites for hydroxylation is 1. The lowest BCUT2D eigenvalue weighted by atomic mass is 9.67. The number of hydrogen-bond donors (Lipinski definition) is 1. The first-order valence-electron chi connectivity index (χ1n) is 9.88. The van der Waals surface area contributed by atoms with Crippen LogP contribution < -0.4 is 5.32 Å². The van der Waals surface area contributed by atoms with E-state index in [9.17, 15) is 9.59 Å². The van der Waals surface area contributed by atoms with Crippen LogP contribution in [0.25, 0.3) is 0 Å². The zero-order chi connectivity index (χ0) is 18.9. The Balaban J connectivity index is 1.30. The van der Waals surface area contributed by atoms with Crippen LogP contribution in [-0.2, 0) is 14.3 Å². The third-order valence-corrected chi connectivity index (χ3v) is 10.2. The van der Waals surface area contributed by atoms with E-state index in [0.29, 0.717) is 15.9 Å². The largest absolute Gasteiger partial charge is 0.455 e. The molecule has 1 amide bonds. The summed E-state index contributed by atoms with van der Waals surface area (Å²) < 4.78 is 5.75. The Labute approximate surface area is 169 Å². The first-order chi connectivity index (χ1) is 13.1. The number of carbonyl (C=O) groups is 2. The second-order valence-corrected chi connectivity index (χ2v) is 10.9. The van der Waals surface area contributed by atoms with Gasteiger partial charge in [-0.3, -0.25) is 9.59 Å². The van der Waals surface area contributed by atoms with Gasteiger partial charge in [-0.05, 0) is 56.6 Å². The molecule has 27 heavy (non-hydrogen) atoms. The summed E-state index contributed by atoms with van der Waals surface area (Å²) in [4.78, 5) is 24.7. The highest BCUT2D eigenvalue weighted by Crippen LogP contribution is 2.64. The summed E-state index contributed by atoms with van der Waals surface area (Å²) >= 11 is 4.28. The van der Waals surface area contributed by atoms with E-state index in [4.69, 9.17) is 4.74 Å². The molecule has 6 heteroatoms. The van der Waals surface area contributed by atoms with Crippen LogP contribution in [0.3, 0.4) is 0 Å². The first-order valence-corrected chi connectivity index (χ1v) is 11.8. The van der Waals surface area contributed by atoms with Crippen molar-refractivity contribution in [2.24, 2.45) is 17.8 Å². The predicted molar refractivity (Wildman–Crippen MR) is 112 cm³/mol. The van der Waals surface area contributed by atoms with Crippen LogP contribution >= 0.6 is 23.5 Å². The minimum Gasteiger partial charge on any atom is -0.455 e. The zero-order valence-corrected chi connectivity index (χ0v) is 17.4. The molecule has 1 unspecified atom stereocenters. The minimum absolute atomic E-state index is 0.0418. The number of ether oxygens (including phenoxy) is 1. The SMILES string of the molecule is Cc1ccc(NC(=O)COC(=O)C2C[C@H]3CCC[C@@H](C2)C32SCCS2)cc1. The molecule has 1 aromatic rings. The van der Waals surface area contributed by atoms with E-state index in [1.807, 2.05) is 31.2 Å². The van der Waals surface area contributed by atoms with Gasteiger partial charge in [0.25, 0.3) is 5.91 Å². The molecule has 3 fully saturated rings. The van der Waals surface area contributed by atoms with Crippen LogP contribution in [-0.4, -0.2) is 34.1 Å². The van der Waals surface area contributed by atoms with Crippen molar-refractivity contribution in [3.05, 3.63) is 29.8 Å². The standard InChI is InChI=1S/C21H27NO3S2/c1-14-5-7-18(8-6-14)22-19(23)13-25-20(24)15-11-16-3-2-4-17(12-15)21(16)26-9-10-27-21/h5-8,15-17H,2-4,9-13H2,1H3,(H,22,23)/t15?,16-,17+. The van der Waals surface area contributed by atoms with Gasteiger partial charge in [0, 0.05) is 17.2 Å². The van der Waals surface area contributed by atoms with E-state index >= 15 is 0 Å². The Morgan fingerprint density at radius 2 is 1.74 bits per heavy atom. The summed E-state index contributed by atoms with van der Waals surface area (Å²) in [6.45, 7) is 1.80. The molecule has 1 N–H and O–H groups in total. The molecule has 146 valence electrons. The summed E-state index contributed by atoms with van der Waals surface area (Å²) in [5.74, 6) is 3.20. The van der Waals surface area contributed by atoms with E-state index < -0.39 is 0 Å². The first kappa shape index (κ1) is 19.2. The maximum Gasteiger partial charge on any atom is 0.309 e. The van der Waals surface area contributed by atoms with Gasteiger partial charge in [0.05, 0.1) is 10.00 Å². The van der Waals surface area contributed by atoms with E-state index in [2.05, 4.69) is 28.8 Å². The lowest BCUT2D eigenvalue weighted by Crippen LogP contribution is -2.48. The number of hydrogen-bond acceptors (Lipinski definition) is 5. The average Bonchev–Trinajstić information content (AvgIpc) is 3.11. The van der Waals surface area contributed by atoms with Crippen molar-refractivity contribution in [2.75, 3.05) is 23.4 Å². The highest BCUT2D eigenvalue weighted by Gasteiger charge is 2.55. The van der Waals surface area contributed by atoms with Gasteiger partial charge in [-0.1, -0.05) is 24.1 Å².